The summed E-state index contributed by atoms with van der Waals surface area (Å²) in [5.41, 5.74) is 0. The Bertz CT molecular complexity index is 235. The highest BCUT2D eigenvalue weighted by Crippen LogP contribution is 2.42. The standard InChI is InChI=1S/C8H12O.C4H8O2/c9-5-8-4-6-1-2-7(8)3-6;1-2-3-4(5)6/h1-2,6-9H,3-5H2;2-3H2,1H3,(H,5,6). The van der Waals surface area contributed by atoms with Gasteiger partial charge < -0.3 is 10.2 Å². The third-order valence-corrected chi connectivity index (χ3v) is 3.11. The zero-order valence-corrected chi connectivity index (χ0v) is 9.22. The van der Waals surface area contributed by atoms with Crippen molar-refractivity contribution in [3.63, 3.8) is 0 Å². The summed E-state index contributed by atoms with van der Waals surface area (Å²) < 4.78 is 0. The predicted octanol–water partition coefficient (Wildman–Crippen LogP) is 2.06. The van der Waals surface area contributed by atoms with Gasteiger partial charge in [-0.3, -0.25) is 4.79 Å². The van der Waals surface area contributed by atoms with Gasteiger partial charge in [0.1, 0.15) is 0 Å². The van der Waals surface area contributed by atoms with Crippen LogP contribution in [0.25, 0.3) is 0 Å². The van der Waals surface area contributed by atoms with E-state index in [4.69, 9.17) is 10.2 Å². The largest absolute Gasteiger partial charge is 0.481 e. The lowest BCUT2D eigenvalue weighted by Crippen LogP contribution is -2.10. The molecule has 1 saturated carbocycles. The molecule has 2 rings (SSSR count). The van der Waals surface area contributed by atoms with Gasteiger partial charge in [0, 0.05) is 13.0 Å². The Morgan fingerprint density at radius 1 is 1.40 bits per heavy atom. The summed E-state index contributed by atoms with van der Waals surface area (Å²) in [4.78, 5) is 9.60. The molecular weight excluding hydrogens is 192 g/mol. The highest BCUT2D eigenvalue weighted by atomic mass is 16.4. The normalized spacial score (nSPS) is 31.2. The van der Waals surface area contributed by atoms with E-state index in [1.807, 2.05) is 6.92 Å². The zero-order valence-electron chi connectivity index (χ0n) is 9.22. The smallest absolute Gasteiger partial charge is 0.303 e. The van der Waals surface area contributed by atoms with Crippen LogP contribution < -0.4 is 0 Å². The second-order valence-electron chi connectivity index (χ2n) is 4.37. The van der Waals surface area contributed by atoms with Crippen molar-refractivity contribution in [2.24, 2.45) is 17.8 Å². The van der Waals surface area contributed by atoms with Crippen molar-refractivity contribution < 1.29 is 15.0 Å². The predicted molar refractivity (Wildman–Crippen MR) is 58.5 cm³/mol. The molecule has 3 unspecified atom stereocenters. The van der Waals surface area contributed by atoms with Crippen LogP contribution in [0.3, 0.4) is 0 Å². The van der Waals surface area contributed by atoms with E-state index in [1.165, 1.54) is 12.8 Å². The third kappa shape index (κ3) is 3.67. The van der Waals surface area contributed by atoms with Gasteiger partial charge in [0.25, 0.3) is 0 Å². The lowest BCUT2D eigenvalue weighted by molar-refractivity contribution is -0.137. The van der Waals surface area contributed by atoms with E-state index in [0.717, 1.165) is 18.3 Å². The summed E-state index contributed by atoms with van der Waals surface area (Å²) in [7, 11) is 0. The number of aliphatic hydroxyl groups is 1. The average Bonchev–Trinajstić information content (AvgIpc) is 2.79. The van der Waals surface area contributed by atoms with Crippen LogP contribution in [0.4, 0.5) is 0 Å². The van der Waals surface area contributed by atoms with Crippen molar-refractivity contribution in [2.45, 2.75) is 32.6 Å². The van der Waals surface area contributed by atoms with Crippen LogP contribution in [0.15, 0.2) is 12.2 Å². The lowest BCUT2D eigenvalue weighted by Gasteiger charge is -2.13. The van der Waals surface area contributed by atoms with E-state index in [9.17, 15) is 4.79 Å². The third-order valence-electron chi connectivity index (χ3n) is 3.11. The highest BCUT2D eigenvalue weighted by Gasteiger charge is 2.34. The monoisotopic (exact) mass is 212 g/mol. The molecule has 0 amide bonds. The maximum atomic E-state index is 9.60. The van der Waals surface area contributed by atoms with Gasteiger partial charge in [-0.05, 0) is 37.0 Å². The van der Waals surface area contributed by atoms with Crippen LogP contribution in [0, 0.1) is 17.8 Å². The van der Waals surface area contributed by atoms with Gasteiger partial charge in [0.15, 0.2) is 0 Å². The number of aliphatic hydroxyl groups excluding tert-OH is 1. The molecule has 2 aliphatic rings. The molecule has 1 fully saturated rings. The average molecular weight is 212 g/mol. The number of hydrogen-bond donors (Lipinski definition) is 2. The minimum absolute atomic E-state index is 0.292. The molecule has 2 aliphatic carbocycles. The van der Waals surface area contributed by atoms with Crippen molar-refractivity contribution in [1.82, 2.24) is 0 Å². The van der Waals surface area contributed by atoms with Crippen molar-refractivity contribution in [3.8, 4) is 0 Å². The molecule has 15 heavy (non-hydrogen) atoms. The van der Waals surface area contributed by atoms with Gasteiger partial charge >= 0.3 is 5.97 Å². The van der Waals surface area contributed by atoms with Gasteiger partial charge in [0.05, 0.1) is 0 Å². The van der Waals surface area contributed by atoms with Crippen molar-refractivity contribution >= 4 is 5.97 Å². The summed E-state index contributed by atoms with van der Waals surface area (Å²) in [6.45, 7) is 2.24. The number of aliphatic carboxylic acids is 1. The topological polar surface area (TPSA) is 57.5 Å². The van der Waals surface area contributed by atoms with E-state index in [1.54, 1.807) is 0 Å². The maximum absolute atomic E-state index is 9.60. The molecular formula is C12H20O3. The molecule has 0 saturated heterocycles. The Morgan fingerprint density at radius 3 is 2.33 bits per heavy atom. The molecule has 0 aromatic rings. The fraction of sp³-hybridized carbons (Fsp3) is 0.750. The van der Waals surface area contributed by atoms with Crippen LogP contribution in [-0.4, -0.2) is 22.8 Å². The van der Waals surface area contributed by atoms with Crippen molar-refractivity contribution in [2.75, 3.05) is 6.61 Å². The molecule has 0 radical (unpaired) electrons. The molecule has 0 aromatic carbocycles. The minimum atomic E-state index is -0.711. The van der Waals surface area contributed by atoms with Crippen molar-refractivity contribution in [1.29, 1.82) is 0 Å². The highest BCUT2D eigenvalue weighted by molar-refractivity contribution is 5.66. The molecule has 0 aromatic heterocycles. The number of rotatable bonds is 3. The second kappa shape index (κ2) is 5.91. The summed E-state index contributed by atoms with van der Waals surface area (Å²) in [6, 6.07) is 0. The van der Waals surface area contributed by atoms with Gasteiger partial charge in [-0.2, -0.15) is 0 Å². The number of carbonyl (C=O) groups is 1. The molecule has 0 spiro atoms. The van der Waals surface area contributed by atoms with Crippen LogP contribution in [-0.2, 0) is 4.79 Å². The molecule has 3 nitrogen and oxygen atoms in total. The molecule has 3 atom stereocenters. The first kappa shape index (κ1) is 12.2. The fourth-order valence-corrected chi connectivity index (χ4v) is 2.32. The summed E-state index contributed by atoms with van der Waals surface area (Å²) in [5.74, 6) is 1.42. The van der Waals surface area contributed by atoms with E-state index in [-0.39, 0.29) is 0 Å². The first-order valence-electron chi connectivity index (χ1n) is 5.68. The van der Waals surface area contributed by atoms with Crippen molar-refractivity contribution in [3.05, 3.63) is 12.2 Å². The van der Waals surface area contributed by atoms with E-state index < -0.39 is 5.97 Å². The Morgan fingerprint density at radius 2 is 2.13 bits per heavy atom. The number of hydrogen-bond acceptors (Lipinski definition) is 2. The quantitative estimate of drug-likeness (QED) is 0.704. The van der Waals surface area contributed by atoms with Gasteiger partial charge in [-0.15, -0.1) is 0 Å². The Labute approximate surface area is 90.8 Å². The molecule has 2 bridgehead atoms. The van der Waals surface area contributed by atoms with Gasteiger partial charge in [-0.1, -0.05) is 19.1 Å². The summed E-state index contributed by atoms with van der Waals surface area (Å²) >= 11 is 0. The number of allylic oxidation sites excluding steroid dienone is 2. The zero-order chi connectivity index (χ0) is 11.3. The first-order valence-corrected chi connectivity index (χ1v) is 5.68. The van der Waals surface area contributed by atoms with Gasteiger partial charge in [0.2, 0.25) is 0 Å². The van der Waals surface area contributed by atoms with E-state index >= 15 is 0 Å². The van der Waals surface area contributed by atoms with E-state index in [2.05, 4.69) is 12.2 Å². The molecule has 86 valence electrons. The Balaban J connectivity index is 0.000000167. The first-order chi connectivity index (χ1) is 7.17. The number of carboxylic acids is 1. The lowest BCUT2D eigenvalue weighted by atomic mass is 9.95. The maximum Gasteiger partial charge on any atom is 0.303 e. The molecule has 0 aliphatic heterocycles. The number of fused-ring (bicyclic) bond motifs is 2. The molecule has 0 heterocycles. The van der Waals surface area contributed by atoms with Crippen LogP contribution in [0.1, 0.15) is 32.6 Å². The van der Waals surface area contributed by atoms with Crippen LogP contribution in [0.5, 0.6) is 0 Å². The fourth-order valence-electron chi connectivity index (χ4n) is 2.32. The minimum Gasteiger partial charge on any atom is -0.481 e. The second-order valence-corrected chi connectivity index (χ2v) is 4.37. The van der Waals surface area contributed by atoms with Gasteiger partial charge in [-0.25, -0.2) is 0 Å². The summed E-state index contributed by atoms with van der Waals surface area (Å²) in [6.07, 6.45) is 8.14. The number of carboxylic acid groups (broad SMARTS) is 1. The van der Waals surface area contributed by atoms with E-state index in [0.29, 0.717) is 18.9 Å². The SMILES string of the molecule is CCCC(=O)O.OCC1CC2C=CC1C2. The Kier molecular flexibility index (Phi) is 4.82. The van der Waals surface area contributed by atoms with Crippen LogP contribution in [0.2, 0.25) is 0 Å². The molecule has 2 N–H and O–H groups in total. The Hall–Kier alpha value is -0.830. The summed E-state index contributed by atoms with van der Waals surface area (Å²) in [5, 5.41) is 16.8. The van der Waals surface area contributed by atoms with Crippen LogP contribution >= 0.6 is 0 Å². The molecule has 3 heteroatoms.